The smallest absolute Gasteiger partial charge is 0.261 e. The van der Waals surface area contributed by atoms with E-state index in [1.807, 2.05) is 0 Å². The van der Waals surface area contributed by atoms with Gasteiger partial charge in [0.1, 0.15) is 12.2 Å². The summed E-state index contributed by atoms with van der Waals surface area (Å²) in [7, 11) is 1.65. The molecular formula is C14H16FN5O2. The summed E-state index contributed by atoms with van der Waals surface area (Å²) in [5.74, 6) is -0.230. The molecule has 0 bridgehead atoms. The lowest BCUT2D eigenvalue weighted by molar-refractivity contribution is 0.0992. The zero-order chi connectivity index (χ0) is 15.7. The summed E-state index contributed by atoms with van der Waals surface area (Å²) >= 11 is 0. The topological polar surface area (TPSA) is 73.1 Å². The summed E-state index contributed by atoms with van der Waals surface area (Å²) in [5, 5.41) is 11.6. The van der Waals surface area contributed by atoms with Crippen LogP contribution in [0.1, 0.15) is 22.1 Å². The first-order chi connectivity index (χ1) is 10.6. The molecule has 1 saturated heterocycles. The maximum atomic E-state index is 13.8. The zero-order valence-corrected chi connectivity index (χ0v) is 12.3. The van der Waals surface area contributed by atoms with E-state index in [0.29, 0.717) is 16.9 Å². The van der Waals surface area contributed by atoms with Gasteiger partial charge in [0.25, 0.3) is 5.91 Å². The molecule has 0 spiro atoms. The van der Waals surface area contributed by atoms with Crippen LogP contribution in [0.2, 0.25) is 0 Å². The van der Waals surface area contributed by atoms with Crippen LogP contribution in [0.4, 0.5) is 10.1 Å². The minimum atomic E-state index is -1.11. The largest absolute Gasteiger partial charge is 0.376 e. The molecule has 0 radical (unpaired) electrons. The highest BCUT2D eigenvalue weighted by Gasteiger charge is 2.32. The third-order valence-corrected chi connectivity index (χ3v) is 3.83. The molecule has 0 aromatic carbocycles. The van der Waals surface area contributed by atoms with Crippen molar-refractivity contribution in [3.63, 3.8) is 0 Å². The molecule has 7 nitrogen and oxygen atoms in total. The van der Waals surface area contributed by atoms with Crippen LogP contribution in [0.25, 0.3) is 0 Å². The van der Waals surface area contributed by atoms with Gasteiger partial charge in [-0.1, -0.05) is 0 Å². The van der Waals surface area contributed by atoms with Crippen molar-refractivity contribution < 1.29 is 13.9 Å². The van der Waals surface area contributed by atoms with Gasteiger partial charge in [-0.25, -0.2) is 4.39 Å². The minimum absolute atomic E-state index is 0.0653. The van der Waals surface area contributed by atoms with Crippen molar-refractivity contribution in [2.24, 2.45) is 0 Å². The molecule has 3 rings (SSSR count). The molecule has 8 heteroatoms. The monoisotopic (exact) mass is 305 g/mol. The summed E-state index contributed by atoms with van der Waals surface area (Å²) in [6.45, 7) is 2.08. The van der Waals surface area contributed by atoms with Crippen LogP contribution < -0.4 is 4.90 Å². The number of anilines is 1. The van der Waals surface area contributed by atoms with Gasteiger partial charge in [0.05, 0.1) is 43.1 Å². The van der Waals surface area contributed by atoms with Crippen molar-refractivity contribution in [2.75, 3.05) is 25.2 Å². The Hall–Kier alpha value is -2.35. The third kappa shape index (κ3) is 2.45. The van der Waals surface area contributed by atoms with Crippen molar-refractivity contribution in [2.45, 2.75) is 19.1 Å². The Balaban J connectivity index is 1.86. The van der Waals surface area contributed by atoms with Gasteiger partial charge in [-0.15, -0.1) is 0 Å². The maximum absolute atomic E-state index is 13.8. The number of halogens is 1. The van der Waals surface area contributed by atoms with Crippen LogP contribution in [0.3, 0.4) is 0 Å². The first-order valence-corrected chi connectivity index (χ1v) is 6.90. The molecule has 0 aliphatic carbocycles. The van der Waals surface area contributed by atoms with Gasteiger partial charge in [-0.05, 0) is 13.0 Å². The van der Waals surface area contributed by atoms with Crippen molar-refractivity contribution in [1.82, 2.24) is 20.0 Å². The summed E-state index contributed by atoms with van der Waals surface area (Å²) < 4.78 is 20.4. The highest BCUT2D eigenvalue weighted by atomic mass is 19.1. The Labute approximate surface area is 126 Å². The second-order valence-corrected chi connectivity index (χ2v) is 5.17. The fraction of sp³-hybridized carbons (Fsp3) is 0.429. The Morgan fingerprint density at radius 3 is 2.86 bits per heavy atom. The van der Waals surface area contributed by atoms with Crippen LogP contribution in [0.15, 0.2) is 24.7 Å². The molecule has 22 heavy (non-hydrogen) atoms. The van der Waals surface area contributed by atoms with Gasteiger partial charge in [0, 0.05) is 12.7 Å². The van der Waals surface area contributed by atoms with Crippen molar-refractivity contribution >= 4 is 11.6 Å². The Morgan fingerprint density at radius 1 is 1.41 bits per heavy atom. The molecular weight excluding hydrogens is 289 g/mol. The molecule has 0 N–H and O–H groups in total. The molecule has 2 aromatic heterocycles. The van der Waals surface area contributed by atoms with E-state index in [1.165, 1.54) is 28.2 Å². The van der Waals surface area contributed by atoms with E-state index in [9.17, 15) is 9.18 Å². The summed E-state index contributed by atoms with van der Waals surface area (Å²) in [5.41, 5.74) is 1.68. The first kappa shape index (κ1) is 14.6. The molecule has 2 unspecified atom stereocenters. The molecule has 2 aromatic rings. The number of ether oxygens (including phenoxy) is 1. The quantitative estimate of drug-likeness (QED) is 0.851. The van der Waals surface area contributed by atoms with E-state index in [1.54, 1.807) is 20.0 Å². The fourth-order valence-electron chi connectivity index (χ4n) is 2.49. The lowest BCUT2D eigenvalue weighted by Gasteiger charge is -2.17. The average molecular weight is 305 g/mol. The van der Waals surface area contributed by atoms with Crippen LogP contribution in [0.5, 0.6) is 0 Å². The number of carbonyl (C=O) groups is 1. The van der Waals surface area contributed by atoms with Gasteiger partial charge in [0.2, 0.25) is 0 Å². The molecule has 1 amide bonds. The van der Waals surface area contributed by atoms with E-state index in [0.717, 1.165) is 0 Å². The second-order valence-electron chi connectivity index (χ2n) is 5.17. The lowest BCUT2D eigenvalue weighted by atomic mass is 10.2. The number of nitrogens with zero attached hydrogens (tertiary/aromatic N) is 5. The van der Waals surface area contributed by atoms with Crippen LogP contribution in [-0.2, 0) is 4.74 Å². The molecule has 2 atom stereocenters. The van der Waals surface area contributed by atoms with Gasteiger partial charge in [0.15, 0.2) is 0 Å². The van der Waals surface area contributed by atoms with E-state index >= 15 is 0 Å². The summed E-state index contributed by atoms with van der Waals surface area (Å²) in [6.07, 6.45) is 3.37. The Kier molecular flexibility index (Phi) is 3.84. The standard InChI is InChI=1S/C14H16FN5O2/c1-9-11(6-18-20(9)13-8-22-7-12(13)15)14(21)19(2)10-3-4-16-17-5-10/h3-6,12-13H,7-8H2,1-2H3. The van der Waals surface area contributed by atoms with Crippen LogP contribution in [0, 0.1) is 6.92 Å². The molecule has 1 aliphatic heterocycles. The zero-order valence-electron chi connectivity index (χ0n) is 12.3. The van der Waals surface area contributed by atoms with Crippen molar-refractivity contribution in [1.29, 1.82) is 0 Å². The number of hydrogen-bond acceptors (Lipinski definition) is 5. The number of carbonyl (C=O) groups excluding carboxylic acids is 1. The number of aromatic nitrogens is 4. The minimum Gasteiger partial charge on any atom is -0.376 e. The van der Waals surface area contributed by atoms with Gasteiger partial charge >= 0.3 is 0 Å². The highest BCUT2D eigenvalue weighted by Crippen LogP contribution is 2.25. The molecule has 1 aliphatic rings. The molecule has 0 saturated carbocycles. The molecule has 116 valence electrons. The number of amides is 1. The van der Waals surface area contributed by atoms with Crippen LogP contribution in [-0.4, -0.2) is 52.3 Å². The first-order valence-electron chi connectivity index (χ1n) is 6.90. The summed E-state index contributed by atoms with van der Waals surface area (Å²) in [6, 6.07) is 1.21. The van der Waals surface area contributed by atoms with E-state index < -0.39 is 12.2 Å². The van der Waals surface area contributed by atoms with Crippen molar-refractivity contribution in [3.05, 3.63) is 35.9 Å². The van der Waals surface area contributed by atoms with E-state index in [2.05, 4.69) is 15.3 Å². The normalized spacial score (nSPS) is 21.0. The number of rotatable bonds is 3. The maximum Gasteiger partial charge on any atom is 0.261 e. The molecule has 1 fully saturated rings. The van der Waals surface area contributed by atoms with Crippen molar-refractivity contribution in [3.8, 4) is 0 Å². The van der Waals surface area contributed by atoms with Gasteiger partial charge < -0.3 is 9.64 Å². The fourth-order valence-corrected chi connectivity index (χ4v) is 2.49. The summed E-state index contributed by atoms with van der Waals surface area (Å²) in [4.78, 5) is 14.0. The average Bonchev–Trinajstić information content (AvgIpc) is 3.12. The number of hydrogen-bond donors (Lipinski definition) is 0. The molecule has 3 heterocycles. The SMILES string of the molecule is Cc1c(C(=O)N(C)c2ccnnc2)cnn1C1COCC1F. The number of alkyl halides is 1. The third-order valence-electron chi connectivity index (χ3n) is 3.83. The van der Waals surface area contributed by atoms with E-state index in [4.69, 9.17) is 4.74 Å². The van der Waals surface area contributed by atoms with Gasteiger partial charge in [-0.2, -0.15) is 15.3 Å². The predicted molar refractivity (Wildman–Crippen MR) is 76.5 cm³/mol. The van der Waals surface area contributed by atoms with Gasteiger partial charge in [-0.3, -0.25) is 9.48 Å². The van der Waals surface area contributed by atoms with Crippen LogP contribution >= 0.6 is 0 Å². The Morgan fingerprint density at radius 2 is 2.23 bits per heavy atom. The predicted octanol–water partition coefficient (Wildman–Crippen LogP) is 1.17. The van der Waals surface area contributed by atoms with E-state index in [-0.39, 0.29) is 19.1 Å². The highest BCUT2D eigenvalue weighted by molar-refractivity contribution is 6.06. The second kappa shape index (κ2) is 5.80. The Bertz CT molecular complexity index is 675. The lowest BCUT2D eigenvalue weighted by Crippen LogP contribution is -2.27.